The van der Waals surface area contributed by atoms with Crippen LogP contribution in [0.1, 0.15) is 75.2 Å². The lowest BCUT2D eigenvalue weighted by Crippen LogP contribution is -2.04. The van der Waals surface area contributed by atoms with E-state index in [0.717, 1.165) is 62.6 Å². The number of aliphatic carboxylic acids is 1. The van der Waals surface area contributed by atoms with Gasteiger partial charge in [0.05, 0.1) is 11.1 Å². The predicted molar refractivity (Wildman–Crippen MR) is 154 cm³/mol. The largest absolute Gasteiger partial charge is 0.478 e. The standard InChI is InChI=1S/C33H34O6/c1-7-9-23(31(34)35)14-22(8-2)29-18(3)10-24(11-19(29)4)25-12-20(5)30(21(6)13-25)26-15-27(32(36)37)17-28(16-26)33(38)39/h8,10-17H,7,9H2,1-6H3,(H,34,35)(H,36,37)(H,38,39)/b22-8+,23-14+. The molecule has 39 heavy (non-hydrogen) atoms. The maximum atomic E-state index is 11.7. The number of carbonyl (C=O) groups is 3. The second-order valence-electron chi connectivity index (χ2n) is 9.85. The van der Waals surface area contributed by atoms with Gasteiger partial charge in [-0.05, 0) is 121 Å². The van der Waals surface area contributed by atoms with Crippen LogP contribution in [-0.2, 0) is 4.79 Å². The van der Waals surface area contributed by atoms with E-state index < -0.39 is 17.9 Å². The summed E-state index contributed by atoms with van der Waals surface area (Å²) < 4.78 is 0. The van der Waals surface area contributed by atoms with Crippen LogP contribution in [-0.4, -0.2) is 33.2 Å². The number of allylic oxidation sites excluding steroid dienone is 3. The maximum absolute atomic E-state index is 11.7. The predicted octanol–water partition coefficient (Wildman–Crippen LogP) is 7.87. The fraction of sp³-hybridized carbons (Fsp3) is 0.242. The molecule has 0 fully saturated rings. The second-order valence-corrected chi connectivity index (χ2v) is 9.85. The Morgan fingerprint density at radius 2 is 1.15 bits per heavy atom. The number of aryl methyl sites for hydroxylation is 4. The van der Waals surface area contributed by atoms with Crippen molar-refractivity contribution < 1.29 is 29.7 Å². The third-order valence-electron chi connectivity index (χ3n) is 6.84. The topological polar surface area (TPSA) is 112 Å². The van der Waals surface area contributed by atoms with Gasteiger partial charge in [-0.1, -0.05) is 43.7 Å². The molecule has 3 rings (SSSR count). The lowest BCUT2D eigenvalue weighted by atomic mass is 9.87. The van der Waals surface area contributed by atoms with E-state index in [4.69, 9.17) is 0 Å². The molecule has 3 aromatic rings. The Bertz CT molecular complexity index is 1460. The van der Waals surface area contributed by atoms with Gasteiger partial charge in [-0.2, -0.15) is 0 Å². The van der Waals surface area contributed by atoms with Gasteiger partial charge in [0.15, 0.2) is 0 Å². The Hall–Kier alpha value is -4.45. The normalized spacial score (nSPS) is 11.9. The maximum Gasteiger partial charge on any atom is 0.335 e. The van der Waals surface area contributed by atoms with E-state index in [1.165, 1.54) is 12.1 Å². The highest BCUT2D eigenvalue weighted by atomic mass is 16.4. The fourth-order valence-electron chi connectivity index (χ4n) is 5.19. The van der Waals surface area contributed by atoms with Crippen molar-refractivity contribution in [2.75, 3.05) is 0 Å². The van der Waals surface area contributed by atoms with Gasteiger partial charge in [-0.15, -0.1) is 0 Å². The Balaban J connectivity index is 2.12. The van der Waals surface area contributed by atoms with Crippen molar-refractivity contribution in [1.29, 1.82) is 0 Å². The zero-order valence-electron chi connectivity index (χ0n) is 23.2. The van der Waals surface area contributed by atoms with Crippen molar-refractivity contribution in [2.45, 2.75) is 54.4 Å². The van der Waals surface area contributed by atoms with Crippen LogP contribution in [0, 0.1) is 27.7 Å². The number of carboxylic acid groups (broad SMARTS) is 3. The molecule has 0 spiro atoms. The molecule has 6 heteroatoms. The summed E-state index contributed by atoms with van der Waals surface area (Å²) in [4.78, 5) is 35.0. The lowest BCUT2D eigenvalue weighted by Gasteiger charge is -2.17. The molecular formula is C33H34O6. The smallest absolute Gasteiger partial charge is 0.335 e. The summed E-state index contributed by atoms with van der Waals surface area (Å²) in [6, 6.07) is 12.4. The molecule has 0 bridgehead atoms. The summed E-state index contributed by atoms with van der Waals surface area (Å²) in [5.74, 6) is -3.27. The van der Waals surface area contributed by atoms with Crippen LogP contribution in [0.5, 0.6) is 0 Å². The molecular weight excluding hydrogens is 492 g/mol. The van der Waals surface area contributed by atoms with E-state index >= 15 is 0 Å². The van der Waals surface area contributed by atoms with Gasteiger partial charge in [0.1, 0.15) is 0 Å². The monoisotopic (exact) mass is 526 g/mol. The number of hydrogen-bond donors (Lipinski definition) is 3. The van der Waals surface area contributed by atoms with E-state index in [9.17, 15) is 29.7 Å². The van der Waals surface area contributed by atoms with E-state index in [2.05, 4.69) is 12.1 Å². The number of aromatic carboxylic acids is 2. The number of hydrogen-bond acceptors (Lipinski definition) is 3. The molecule has 0 radical (unpaired) electrons. The van der Waals surface area contributed by atoms with E-state index in [1.54, 1.807) is 6.08 Å². The van der Waals surface area contributed by atoms with Gasteiger partial charge in [0.2, 0.25) is 0 Å². The Kier molecular flexibility index (Phi) is 8.92. The zero-order chi connectivity index (χ0) is 29.0. The molecule has 3 aromatic carbocycles. The lowest BCUT2D eigenvalue weighted by molar-refractivity contribution is -0.132. The summed E-state index contributed by atoms with van der Waals surface area (Å²) >= 11 is 0. The zero-order valence-corrected chi connectivity index (χ0v) is 23.2. The average molecular weight is 527 g/mol. The summed E-state index contributed by atoms with van der Waals surface area (Å²) in [5, 5.41) is 28.6. The van der Waals surface area contributed by atoms with Crippen LogP contribution >= 0.6 is 0 Å². The van der Waals surface area contributed by atoms with Crippen molar-refractivity contribution in [3.63, 3.8) is 0 Å². The van der Waals surface area contributed by atoms with Crippen molar-refractivity contribution in [1.82, 2.24) is 0 Å². The van der Waals surface area contributed by atoms with E-state index in [1.807, 2.05) is 59.8 Å². The fourth-order valence-corrected chi connectivity index (χ4v) is 5.19. The highest BCUT2D eigenvalue weighted by Crippen LogP contribution is 2.36. The number of benzene rings is 3. The Morgan fingerprint density at radius 1 is 0.692 bits per heavy atom. The highest BCUT2D eigenvalue weighted by molar-refractivity contribution is 5.97. The van der Waals surface area contributed by atoms with Crippen LogP contribution in [0.15, 0.2) is 60.2 Å². The first-order chi connectivity index (χ1) is 18.4. The molecule has 202 valence electrons. The SMILES string of the molecule is C/C=C(\C=C(/CCC)C(=O)O)c1c(C)cc(-c2cc(C)c(-c3cc(C(=O)O)cc(C(=O)O)c3)c(C)c2)cc1C. The third kappa shape index (κ3) is 6.34. The third-order valence-corrected chi connectivity index (χ3v) is 6.84. The second kappa shape index (κ2) is 11.9. The van der Waals surface area contributed by atoms with Crippen molar-refractivity contribution in [3.8, 4) is 22.3 Å². The van der Waals surface area contributed by atoms with Gasteiger partial charge in [0, 0.05) is 5.57 Å². The molecule has 0 aliphatic carbocycles. The number of rotatable bonds is 9. The minimum atomic E-state index is -1.18. The molecule has 0 unspecified atom stereocenters. The molecule has 0 saturated carbocycles. The molecule has 0 atom stereocenters. The molecule has 0 heterocycles. The molecule has 0 aliphatic heterocycles. The van der Waals surface area contributed by atoms with Crippen LogP contribution in [0.4, 0.5) is 0 Å². The first-order valence-electron chi connectivity index (χ1n) is 12.8. The minimum Gasteiger partial charge on any atom is -0.478 e. The molecule has 3 N–H and O–H groups in total. The molecule has 6 nitrogen and oxygen atoms in total. The minimum absolute atomic E-state index is 0.0755. The first-order valence-corrected chi connectivity index (χ1v) is 12.8. The average Bonchev–Trinajstić information content (AvgIpc) is 2.86. The quantitative estimate of drug-likeness (QED) is 0.193. The molecule has 0 aliphatic rings. The molecule has 0 saturated heterocycles. The van der Waals surface area contributed by atoms with Crippen LogP contribution in [0.25, 0.3) is 27.8 Å². The Labute approximate surface area is 229 Å². The summed E-state index contributed by atoms with van der Waals surface area (Å²) in [7, 11) is 0. The summed E-state index contributed by atoms with van der Waals surface area (Å²) in [6.07, 6.45) is 4.95. The van der Waals surface area contributed by atoms with Gasteiger partial charge >= 0.3 is 17.9 Å². The highest BCUT2D eigenvalue weighted by Gasteiger charge is 2.17. The Morgan fingerprint density at radius 3 is 1.54 bits per heavy atom. The van der Waals surface area contributed by atoms with Crippen LogP contribution in [0.2, 0.25) is 0 Å². The van der Waals surface area contributed by atoms with Crippen LogP contribution < -0.4 is 0 Å². The van der Waals surface area contributed by atoms with E-state index in [0.29, 0.717) is 17.6 Å². The van der Waals surface area contributed by atoms with Gasteiger partial charge in [-0.25, -0.2) is 14.4 Å². The van der Waals surface area contributed by atoms with E-state index in [-0.39, 0.29) is 11.1 Å². The van der Waals surface area contributed by atoms with Crippen LogP contribution in [0.3, 0.4) is 0 Å². The van der Waals surface area contributed by atoms with Gasteiger partial charge < -0.3 is 15.3 Å². The van der Waals surface area contributed by atoms with Crippen molar-refractivity contribution in [3.05, 3.63) is 99.1 Å². The first kappa shape index (κ1) is 29.1. The van der Waals surface area contributed by atoms with Crippen molar-refractivity contribution in [2.24, 2.45) is 0 Å². The summed E-state index contributed by atoms with van der Waals surface area (Å²) in [6.45, 7) is 11.8. The molecule has 0 amide bonds. The van der Waals surface area contributed by atoms with Gasteiger partial charge in [0.25, 0.3) is 0 Å². The van der Waals surface area contributed by atoms with Gasteiger partial charge in [-0.3, -0.25) is 0 Å². The summed E-state index contributed by atoms with van der Waals surface area (Å²) in [5.41, 5.74) is 9.27. The number of carboxylic acids is 3. The van der Waals surface area contributed by atoms with Crippen molar-refractivity contribution >= 4 is 23.5 Å². The molecule has 0 aromatic heterocycles.